The van der Waals surface area contributed by atoms with Crippen molar-refractivity contribution in [1.29, 1.82) is 0 Å². The molecule has 0 saturated carbocycles. The summed E-state index contributed by atoms with van der Waals surface area (Å²) in [6, 6.07) is 4.65. The molecular formula is C17H14F5NO3S. The molecule has 1 aromatic heterocycles. The van der Waals surface area contributed by atoms with E-state index in [2.05, 4.69) is 4.98 Å². The van der Waals surface area contributed by atoms with E-state index in [-0.39, 0.29) is 5.69 Å². The van der Waals surface area contributed by atoms with Crippen LogP contribution in [0.15, 0.2) is 41.3 Å². The first-order valence-corrected chi connectivity index (χ1v) is 9.01. The maximum absolute atomic E-state index is 13.9. The zero-order valence-corrected chi connectivity index (χ0v) is 15.0. The maximum Gasteiger partial charge on any atom is 0.433 e. The average Bonchev–Trinajstić information content (AvgIpc) is 2.56. The Balaban J connectivity index is 2.39. The fourth-order valence-corrected chi connectivity index (χ4v) is 3.74. The number of hydrogen-bond acceptors (Lipinski definition) is 4. The third-order valence-electron chi connectivity index (χ3n) is 3.96. The van der Waals surface area contributed by atoms with Gasteiger partial charge in [0.25, 0.3) is 0 Å². The van der Waals surface area contributed by atoms with Gasteiger partial charge in [0.2, 0.25) is 0 Å². The van der Waals surface area contributed by atoms with E-state index in [1.54, 1.807) is 0 Å². The number of benzene rings is 1. The molecule has 0 aliphatic rings. The molecule has 0 bridgehead atoms. The third kappa shape index (κ3) is 4.15. The van der Waals surface area contributed by atoms with Crippen LogP contribution >= 0.6 is 0 Å². The zero-order chi connectivity index (χ0) is 20.6. The second-order valence-corrected chi connectivity index (χ2v) is 8.67. The molecular weight excluding hydrogens is 393 g/mol. The minimum Gasteiger partial charge on any atom is -0.298 e. The number of carbonyl (C=O) groups excluding carboxylic acids is 1. The SMILES string of the molecule is CC(C)(C(=O)Cc1cccc(C(F)(F)F)n1)S(=O)(=O)c1cc(F)ccc1F. The molecule has 2 rings (SSSR count). The lowest BCUT2D eigenvalue weighted by atomic mass is 10.0. The van der Waals surface area contributed by atoms with E-state index in [0.717, 1.165) is 32.0 Å². The minimum absolute atomic E-state index is 0.294. The first-order chi connectivity index (χ1) is 12.3. The van der Waals surface area contributed by atoms with Gasteiger partial charge >= 0.3 is 6.18 Å². The van der Waals surface area contributed by atoms with Crippen molar-refractivity contribution in [2.75, 3.05) is 0 Å². The van der Waals surface area contributed by atoms with Crippen molar-refractivity contribution in [3.63, 3.8) is 0 Å². The number of carbonyl (C=O) groups is 1. The van der Waals surface area contributed by atoms with Crippen LogP contribution < -0.4 is 0 Å². The van der Waals surface area contributed by atoms with Crippen molar-refractivity contribution in [1.82, 2.24) is 4.98 Å². The lowest BCUT2D eigenvalue weighted by molar-refractivity contribution is -0.141. The Bertz CT molecular complexity index is 984. The molecule has 2 aromatic rings. The van der Waals surface area contributed by atoms with Crippen LogP contribution in [0, 0.1) is 11.6 Å². The Hall–Kier alpha value is -2.36. The second-order valence-electron chi connectivity index (χ2n) is 6.20. The lowest BCUT2D eigenvalue weighted by Crippen LogP contribution is -2.42. The summed E-state index contributed by atoms with van der Waals surface area (Å²) in [5.41, 5.74) is -1.53. The highest BCUT2D eigenvalue weighted by Crippen LogP contribution is 2.31. The molecule has 0 atom stereocenters. The van der Waals surface area contributed by atoms with E-state index in [9.17, 15) is 35.2 Å². The zero-order valence-electron chi connectivity index (χ0n) is 14.1. The number of hydrogen-bond donors (Lipinski definition) is 0. The largest absolute Gasteiger partial charge is 0.433 e. The predicted octanol–water partition coefficient (Wildman–Crippen LogP) is 3.74. The molecule has 0 unspecified atom stereocenters. The van der Waals surface area contributed by atoms with Crippen molar-refractivity contribution in [3.05, 3.63) is 59.4 Å². The highest BCUT2D eigenvalue weighted by molar-refractivity contribution is 7.93. The van der Waals surface area contributed by atoms with Crippen molar-refractivity contribution >= 4 is 15.6 Å². The lowest BCUT2D eigenvalue weighted by Gasteiger charge is -2.23. The van der Waals surface area contributed by atoms with Crippen molar-refractivity contribution in [3.8, 4) is 0 Å². The molecule has 1 heterocycles. The monoisotopic (exact) mass is 407 g/mol. The number of sulfone groups is 1. The summed E-state index contributed by atoms with van der Waals surface area (Å²) in [7, 11) is -4.66. The van der Waals surface area contributed by atoms with Crippen molar-refractivity contribution in [2.45, 2.75) is 36.1 Å². The summed E-state index contributed by atoms with van der Waals surface area (Å²) in [6.45, 7) is 1.95. The molecule has 1 aromatic carbocycles. The van der Waals surface area contributed by atoms with Gasteiger partial charge in [-0.05, 0) is 44.2 Å². The van der Waals surface area contributed by atoms with Gasteiger partial charge in [0.15, 0.2) is 15.6 Å². The number of rotatable bonds is 5. The van der Waals surface area contributed by atoms with Gasteiger partial charge in [-0.1, -0.05) is 6.07 Å². The van der Waals surface area contributed by atoms with Crippen LogP contribution in [0.25, 0.3) is 0 Å². The molecule has 146 valence electrons. The molecule has 10 heteroatoms. The molecule has 27 heavy (non-hydrogen) atoms. The number of halogens is 5. The van der Waals surface area contributed by atoms with Crippen LogP contribution in [-0.2, 0) is 27.2 Å². The van der Waals surface area contributed by atoms with Crippen LogP contribution in [0.4, 0.5) is 22.0 Å². The summed E-state index contributed by atoms with van der Waals surface area (Å²) < 4.78 is 88.4. The normalized spacial score (nSPS) is 12.9. The number of pyridine rings is 1. The fourth-order valence-electron chi connectivity index (χ4n) is 2.22. The maximum atomic E-state index is 13.9. The second kappa shape index (κ2) is 6.99. The number of ketones is 1. The van der Waals surface area contributed by atoms with E-state index in [1.165, 1.54) is 0 Å². The third-order valence-corrected chi connectivity index (χ3v) is 6.43. The quantitative estimate of drug-likeness (QED) is 0.709. The molecule has 0 radical (unpaired) electrons. The Labute approximate surface area is 152 Å². The van der Waals surface area contributed by atoms with Gasteiger partial charge in [0.1, 0.15) is 27.0 Å². The molecule has 0 aliphatic carbocycles. The predicted molar refractivity (Wildman–Crippen MR) is 85.6 cm³/mol. The topological polar surface area (TPSA) is 64.1 Å². The number of aromatic nitrogens is 1. The molecule has 0 fully saturated rings. The van der Waals surface area contributed by atoms with Crippen LogP contribution in [-0.4, -0.2) is 23.9 Å². The first kappa shape index (κ1) is 20.9. The molecule has 0 N–H and O–H groups in total. The summed E-state index contributed by atoms with van der Waals surface area (Å²) in [6.07, 6.45) is -5.46. The Morgan fingerprint density at radius 2 is 1.70 bits per heavy atom. The van der Waals surface area contributed by atoms with Gasteiger partial charge in [0.05, 0.1) is 6.42 Å². The van der Waals surface area contributed by atoms with Crippen molar-refractivity contribution < 1.29 is 35.2 Å². The van der Waals surface area contributed by atoms with Crippen LogP contribution in [0.5, 0.6) is 0 Å². The number of nitrogens with zero attached hydrogens (tertiary/aromatic N) is 1. The summed E-state index contributed by atoms with van der Waals surface area (Å²) in [5.74, 6) is -3.27. The van der Waals surface area contributed by atoms with E-state index in [4.69, 9.17) is 0 Å². The molecule has 0 amide bonds. The van der Waals surface area contributed by atoms with E-state index < -0.39 is 55.2 Å². The molecule has 0 saturated heterocycles. The number of alkyl halides is 3. The Morgan fingerprint density at radius 1 is 1.07 bits per heavy atom. The highest BCUT2D eigenvalue weighted by atomic mass is 32.2. The van der Waals surface area contributed by atoms with Crippen LogP contribution in [0.2, 0.25) is 0 Å². The first-order valence-electron chi connectivity index (χ1n) is 7.53. The summed E-state index contributed by atoms with van der Waals surface area (Å²) >= 11 is 0. The van der Waals surface area contributed by atoms with Gasteiger partial charge in [-0.15, -0.1) is 0 Å². The van der Waals surface area contributed by atoms with E-state index in [1.807, 2.05) is 0 Å². The minimum atomic E-state index is -4.73. The van der Waals surface area contributed by atoms with Crippen molar-refractivity contribution in [2.24, 2.45) is 0 Å². The van der Waals surface area contributed by atoms with Crippen LogP contribution in [0.3, 0.4) is 0 Å². The Morgan fingerprint density at radius 3 is 2.30 bits per heavy atom. The van der Waals surface area contributed by atoms with Gasteiger partial charge in [-0.2, -0.15) is 13.2 Å². The molecule has 0 aliphatic heterocycles. The van der Waals surface area contributed by atoms with E-state index in [0.29, 0.717) is 18.2 Å². The smallest absolute Gasteiger partial charge is 0.298 e. The van der Waals surface area contributed by atoms with Gasteiger partial charge in [-0.3, -0.25) is 4.79 Å². The van der Waals surface area contributed by atoms with Crippen LogP contribution in [0.1, 0.15) is 25.2 Å². The van der Waals surface area contributed by atoms with Gasteiger partial charge < -0.3 is 0 Å². The van der Waals surface area contributed by atoms with Gasteiger partial charge in [-0.25, -0.2) is 22.2 Å². The molecule has 4 nitrogen and oxygen atoms in total. The summed E-state index contributed by atoms with van der Waals surface area (Å²) in [5, 5.41) is 0. The van der Waals surface area contributed by atoms with E-state index >= 15 is 0 Å². The average molecular weight is 407 g/mol. The van der Waals surface area contributed by atoms with Gasteiger partial charge in [0, 0.05) is 5.69 Å². The highest BCUT2D eigenvalue weighted by Gasteiger charge is 2.44. The summed E-state index contributed by atoms with van der Waals surface area (Å²) in [4.78, 5) is 14.8. The fraction of sp³-hybridized carbons (Fsp3) is 0.294. The Kier molecular flexibility index (Phi) is 5.42. The standard InChI is InChI=1S/C17H14F5NO3S/c1-16(2,27(25,26)13-8-10(18)6-7-12(13)19)15(24)9-11-4-3-5-14(23-11)17(20,21)22/h3-8H,9H2,1-2H3. The molecule has 0 spiro atoms. The number of Topliss-reactive ketones (excluding diaryl/α,β-unsaturated/α-hetero) is 1.